The lowest BCUT2D eigenvalue weighted by molar-refractivity contribution is -0.0223. The number of aromatic amines is 1. The van der Waals surface area contributed by atoms with E-state index >= 15 is 0 Å². The molecule has 0 aliphatic carbocycles. The second-order valence-electron chi connectivity index (χ2n) is 5.16. The molecule has 0 fully saturated rings. The summed E-state index contributed by atoms with van der Waals surface area (Å²) in [4.78, 5) is 14.4. The number of pyridine rings is 1. The Morgan fingerprint density at radius 3 is 2.68 bits per heavy atom. The first kappa shape index (κ1) is 14.5. The molecule has 1 aromatic carbocycles. The number of fused-ring (bicyclic) bond motifs is 2. The third kappa shape index (κ3) is 1.76. The van der Waals surface area contributed by atoms with Crippen LogP contribution in [0.1, 0.15) is 18.1 Å². The van der Waals surface area contributed by atoms with Crippen molar-refractivity contribution >= 4 is 23.0 Å². The van der Waals surface area contributed by atoms with E-state index in [9.17, 15) is 18.8 Å². The minimum Gasteiger partial charge on any atom is -0.350 e. The molecule has 0 saturated carbocycles. The van der Waals surface area contributed by atoms with Crippen LogP contribution in [0.15, 0.2) is 35.3 Å². The molecule has 2 N–H and O–H groups in total. The average Bonchev–Trinajstić information content (AvgIpc) is 2.44. The van der Waals surface area contributed by atoms with E-state index in [-0.39, 0.29) is 27.5 Å². The minimum atomic E-state index is -3.42. The molecule has 0 spiro atoms. The molecule has 3 rings (SSSR count). The van der Waals surface area contributed by atoms with Crippen LogP contribution >= 0.6 is 11.6 Å². The molecule has 0 saturated heterocycles. The van der Waals surface area contributed by atoms with Crippen LogP contribution in [0.5, 0.6) is 0 Å². The number of anilines is 2. The number of halogens is 3. The first-order chi connectivity index (χ1) is 10.3. The van der Waals surface area contributed by atoms with E-state index in [0.29, 0.717) is 6.92 Å². The summed E-state index contributed by atoms with van der Waals surface area (Å²) in [5, 5.41) is 12.7. The van der Waals surface area contributed by atoms with Gasteiger partial charge in [-0.15, -0.1) is 0 Å². The highest BCUT2D eigenvalue weighted by molar-refractivity contribution is 6.30. The number of nitriles is 1. The minimum absolute atomic E-state index is 0.0492. The van der Waals surface area contributed by atoms with Crippen molar-refractivity contribution in [3.8, 4) is 6.07 Å². The van der Waals surface area contributed by atoms with Crippen LogP contribution in [0.3, 0.4) is 0 Å². The van der Waals surface area contributed by atoms with Gasteiger partial charge < -0.3 is 10.3 Å². The number of alkyl halides is 2. The van der Waals surface area contributed by atoms with Crippen molar-refractivity contribution in [3.05, 3.63) is 57.0 Å². The number of H-pyrrole nitrogens is 1. The lowest BCUT2D eigenvalue weighted by atomic mass is 9.68. The number of benzene rings is 1. The predicted octanol–water partition coefficient (Wildman–Crippen LogP) is 3.55. The van der Waals surface area contributed by atoms with Crippen LogP contribution in [0, 0.1) is 11.3 Å². The second kappa shape index (κ2) is 4.55. The fourth-order valence-corrected chi connectivity index (χ4v) is 2.99. The lowest BCUT2D eigenvalue weighted by Crippen LogP contribution is -2.46. The van der Waals surface area contributed by atoms with Crippen molar-refractivity contribution in [3.63, 3.8) is 0 Å². The molecular formula is C15H10ClF2N3O. The van der Waals surface area contributed by atoms with E-state index in [1.807, 2.05) is 0 Å². The van der Waals surface area contributed by atoms with Gasteiger partial charge in [-0.3, -0.25) is 4.79 Å². The Morgan fingerprint density at radius 1 is 1.32 bits per heavy atom. The molecule has 22 heavy (non-hydrogen) atoms. The van der Waals surface area contributed by atoms with E-state index < -0.39 is 16.9 Å². The van der Waals surface area contributed by atoms with Crippen LogP contribution in [0.25, 0.3) is 0 Å². The van der Waals surface area contributed by atoms with Gasteiger partial charge in [0, 0.05) is 35.0 Å². The number of rotatable bonds is 1. The Hall–Kier alpha value is -2.39. The first-order valence-corrected chi connectivity index (χ1v) is 6.77. The quantitative estimate of drug-likeness (QED) is 0.844. The van der Waals surface area contributed by atoms with Gasteiger partial charge in [0.15, 0.2) is 5.41 Å². The van der Waals surface area contributed by atoms with Gasteiger partial charge in [0.1, 0.15) is 5.69 Å². The van der Waals surface area contributed by atoms with Gasteiger partial charge in [-0.2, -0.15) is 5.26 Å². The maximum Gasteiger partial charge on any atom is 0.272 e. The van der Waals surface area contributed by atoms with E-state index in [1.54, 1.807) is 6.07 Å². The standard InChI is InChI=1S/C15H10ClF2N3O/c1-14(17,18)15(7-19)9-4-5-20-13(22)12(9)21-11-3-2-8(16)6-10(11)15/h2-6,21H,1H3,(H,20,22). The SMILES string of the molecule is CC(F)(F)C1(C#N)c2cc(Cl)ccc2Nc2c1cc[nH]c2=O. The summed E-state index contributed by atoms with van der Waals surface area (Å²) in [7, 11) is 0. The largest absolute Gasteiger partial charge is 0.350 e. The smallest absolute Gasteiger partial charge is 0.272 e. The molecule has 1 aliphatic rings. The van der Waals surface area contributed by atoms with Crippen LogP contribution in [0.4, 0.5) is 20.2 Å². The van der Waals surface area contributed by atoms with Crippen molar-refractivity contribution in [2.75, 3.05) is 5.32 Å². The van der Waals surface area contributed by atoms with Gasteiger partial charge in [-0.25, -0.2) is 8.78 Å². The molecule has 4 nitrogen and oxygen atoms in total. The van der Waals surface area contributed by atoms with Crippen LogP contribution < -0.4 is 10.9 Å². The highest BCUT2D eigenvalue weighted by Gasteiger charge is 2.57. The van der Waals surface area contributed by atoms with Crippen LogP contribution in [-0.2, 0) is 5.41 Å². The maximum absolute atomic E-state index is 14.5. The zero-order chi connectivity index (χ0) is 16.1. The van der Waals surface area contributed by atoms with E-state index in [2.05, 4.69) is 10.3 Å². The molecular weight excluding hydrogens is 312 g/mol. The Morgan fingerprint density at radius 2 is 2.05 bits per heavy atom. The molecule has 0 bridgehead atoms. The summed E-state index contributed by atoms with van der Waals surface area (Å²) in [5.41, 5.74) is -2.67. The number of hydrogen-bond acceptors (Lipinski definition) is 3. The summed E-state index contributed by atoms with van der Waals surface area (Å²) in [5.74, 6) is -3.42. The van der Waals surface area contributed by atoms with Crippen molar-refractivity contribution in [2.24, 2.45) is 0 Å². The first-order valence-electron chi connectivity index (χ1n) is 6.39. The van der Waals surface area contributed by atoms with Crippen molar-refractivity contribution in [1.29, 1.82) is 5.26 Å². The summed E-state index contributed by atoms with van der Waals surface area (Å²) in [6.07, 6.45) is 1.25. The lowest BCUT2D eigenvalue weighted by Gasteiger charge is -2.39. The fraction of sp³-hybridized carbons (Fsp3) is 0.200. The molecule has 7 heteroatoms. The topological polar surface area (TPSA) is 68.7 Å². The summed E-state index contributed by atoms with van der Waals surface area (Å²) < 4.78 is 29.0. The van der Waals surface area contributed by atoms with Crippen LogP contribution in [0.2, 0.25) is 5.02 Å². The molecule has 2 heterocycles. The number of hydrogen-bond donors (Lipinski definition) is 2. The average molecular weight is 322 g/mol. The molecule has 1 aliphatic heterocycles. The Kier molecular flexibility index (Phi) is 3.01. The maximum atomic E-state index is 14.5. The third-order valence-corrected chi connectivity index (χ3v) is 4.07. The second-order valence-corrected chi connectivity index (χ2v) is 5.60. The summed E-state index contributed by atoms with van der Waals surface area (Å²) >= 11 is 5.92. The zero-order valence-electron chi connectivity index (χ0n) is 11.4. The van der Waals surface area contributed by atoms with Crippen LogP contribution in [-0.4, -0.2) is 10.9 Å². The van der Waals surface area contributed by atoms with Gasteiger partial charge in [0.2, 0.25) is 0 Å². The predicted molar refractivity (Wildman–Crippen MR) is 78.8 cm³/mol. The van der Waals surface area contributed by atoms with Crippen molar-refractivity contribution in [1.82, 2.24) is 4.98 Å². The number of nitrogens with zero attached hydrogens (tertiary/aromatic N) is 1. The highest BCUT2D eigenvalue weighted by atomic mass is 35.5. The highest BCUT2D eigenvalue weighted by Crippen LogP contribution is 2.52. The summed E-state index contributed by atoms with van der Waals surface area (Å²) in [6.45, 7) is 0.664. The summed E-state index contributed by atoms with van der Waals surface area (Å²) in [6, 6.07) is 7.35. The molecule has 2 aromatic rings. The molecule has 1 aromatic heterocycles. The van der Waals surface area contributed by atoms with E-state index in [1.165, 1.54) is 30.5 Å². The number of nitrogens with one attached hydrogen (secondary N) is 2. The molecule has 1 unspecified atom stereocenters. The van der Waals surface area contributed by atoms with Gasteiger partial charge in [0.05, 0.1) is 6.07 Å². The fourth-order valence-electron chi connectivity index (χ4n) is 2.82. The zero-order valence-corrected chi connectivity index (χ0v) is 12.1. The Balaban J connectivity index is 2.49. The Bertz CT molecular complexity index is 866. The molecule has 0 radical (unpaired) electrons. The number of aromatic nitrogens is 1. The molecule has 0 amide bonds. The van der Waals surface area contributed by atoms with E-state index in [4.69, 9.17) is 11.6 Å². The normalized spacial score (nSPS) is 19.6. The van der Waals surface area contributed by atoms with Crippen molar-refractivity contribution < 1.29 is 8.78 Å². The van der Waals surface area contributed by atoms with E-state index in [0.717, 1.165) is 0 Å². The Labute approximate surface area is 129 Å². The van der Waals surface area contributed by atoms with Gasteiger partial charge >= 0.3 is 0 Å². The van der Waals surface area contributed by atoms with Gasteiger partial charge in [0.25, 0.3) is 11.5 Å². The van der Waals surface area contributed by atoms with Crippen molar-refractivity contribution in [2.45, 2.75) is 18.3 Å². The third-order valence-electron chi connectivity index (χ3n) is 3.84. The molecule has 1 atom stereocenters. The molecule has 112 valence electrons. The monoisotopic (exact) mass is 321 g/mol. The van der Waals surface area contributed by atoms with Gasteiger partial charge in [-0.05, 0) is 24.3 Å². The van der Waals surface area contributed by atoms with Gasteiger partial charge in [-0.1, -0.05) is 11.6 Å².